The van der Waals surface area contributed by atoms with E-state index in [1.807, 2.05) is 30.3 Å². The molecule has 3 aromatic rings. The molecule has 0 radical (unpaired) electrons. The second kappa shape index (κ2) is 5.63. The van der Waals surface area contributed by atoms with E-state index in [9.17, 15) is 0 Å². The topological polar surface area (TPSA) is 51.6 Å². The molecule has 0 amide bonds. The average Bonchev–Trinajstić information content (AvgIpc) is 2.51. The van der Waals surface area contributed by atoms with Gasteiger partial charge in [0.15, 0.2) is 11.1 Å². The zero-order valence-corrected chi connectivity index (χ0v) is 11.0. The normalized spacial score (nSPS) is 10.6. The van der Waals surface area contributed by atoms with Crippen LogP contribution in [0.2, 0.25) is 0 Å². The lowest BCUT2D eigenvalue weighted by Crippen LogP contribution is -2.28. The highest BCUT2D eigenvalue weighted by molar-refractivity contribution is 7.78. The Morgan fingerprint density at radius 3 is 1.53 bits per heavy atom. The fourth-order valence-corrected chi connectivity index (χ4v) is 3.55. The minimum absolute atomic E-state index is 0.773. The van der Waals surface area contributed by atoms with Gasteiger partial charge in [-0.1, -0.05) is 30.3 Å². The standard InChI is InChI=1S/C14H11N4P/c1-2-6-12(7-3-1)19(13-15-8-4-9-16-13)14-17-10-5-11-18-14/h1-11H. The smallest absolute Gasteiger partial charge is 0.162 e. The van der Waals surface area contributed by atoms with Gasteiger partial charge in [-0.05, 0) is 17.4 Å². The fraction of sp³-hybridized carbons (Fsp3) is 0. The molecular formula is C14H11N4P. The molecule has 0 unspecified atom stereocenters. The van der Waals surface area contributed by atoms with Crippen LogP contribution in [0.1, 0.15) is 0 Å². The summed E-state index contributed by atoms with van der Waals surface area (Å²) < 4.78 is 0. The number of hydrogen-bond acceptors (Lipinski definition) is 4. The van der Waals surface area contributed by atoms with Crippen LogP contribution in [0.15, 0.2) is 67.3 Å². The zero-order valence-electron chi connectivity index (χ0n) is 10.1. The Morgan fingerprint density at radius 1 is 0.579 bits per heavy atom. The number of hydrogen-bond donors (Lipinski definition) is 0. The highest BCUT2D eigenvalue weighted by Gasteiger charge is 2.21. The van der Waals surface area contributed by atoms with E-state index < -0.39 is 7.92 Å². The summed E-state index contributed by atoms with van der Waals surface area (Å²) in [7, 11) is -0.890. The molecule has 1 aromatic carbocycles. The molecule has 4 nitrogen and oxygen atoms in total. The Bertz CT molecular complexity index is 537. The van der Waals surface area contributed by atoms with Gasteiger partial charge in [-0.15, -0.1) is 0 Å². The van der Waals surface area contributed by atoms with Crippen molar-refractivity contribution in [2.75, 3.05) is 0 Å². The molecule has 0 spiro atoms. The molecule has 0 aliphatic carbocycles. The van der Waals surface area contributed by atoms with Gasteiger partial charge in [0, 0.05) is 24.8 Å². The summed E-state index contributed by atoms with van der Waals surface area (Å²) in [5, 5.41) is 1.15. The van der Waals surface area contributed by atoms with E-state index in [4.69, 9.17) is 0 Å². The van der Waals surface area contributed by atoms with Crippen LogP contribution in [-0.2, 0) is 0 Å². The lowest BCUT2D eigenvalue weighted by Gasteiger charge is -2.14. The Balaban J connectivity index is 2.12. The third-order valence-corrected chi connectivity index (χ3v) is 4.60. The van der Waals surface area contributed by atoms with Gasteiger partial charge in [-0.2, -0.15) is 0 Å². The molecule has 0 aliphatic rings. The lowest BCUT2D eigenvalue weighted by molar-refractivity contribution is 1.22. The summed E-state index contributed by atoms with van der Waals surface area (Å²) in [5.41, 5.74) is 1.55. The monoisotopic (exact) mass is 266 g/mol. The maximum Gasteiger partial charge on any atom is 0.162 e. The van der Waals surface area contributed by atoms with E-state index in [0.29, 0.717) is 0 Å². The molecule has 0 aliphatic heterocycles. The number of rotatable bonds is 3. The van der Waals surface area contributed by atoms with Crippen molar-refractivity contribution in [1.82, 2.24) is 19.9 Å². The van der Waals surface area contributed by atoms with Crippen molar-refractivity contribution in [3.8, 4) is 0 Å². The van der Waals surface area contributed by atoms with E-state index in [1.54, 1.807) is 24.8 Å². The minimum Gasteiger partial charge on any atom is -0.236 e. The molecular weight excluding hydrogens is 255 g/mol. The van der Waals surface area contributed by atoms with Crippen LogP contribution in [0.5, 0.6) is 0 Å². The average molecular weight is 266 g/mol. The van der Waals surface area contributed by atoms with E-state index in [-0.39, 0.29) is 0 Å². The first-order valence-electron chi connectivity index (χ1n) is 5.84. The molecule has 0 N–H and O–H groups in total. The Morgan fingerprint density at radius 2 is 1.05 bits per heavy atom. The van der Waals surface area contributed by atoms with Gasteiger partial charge < -0.3 is 0 Å². The second-order valence-electron chi connectivity index (χ2n) is 3.77. The maximum absolute atomic E-state index is 4.37. The van der Waals surface area contributed by atoms with Crippen LogP contribution in [0, 0.1) is 0 Å². The zero-order chi connectivity index (χ0) is 12.9. The SMILES string of the molecule is c1ccc(P(c2ncccn2)c2ncccn2)cc1. The number of nitrogens with zero attached hydrogens (tertiary/aromatic N) is 4. The van der Waals surface area contributed by atoms with Crippen molar-refractivity contribution < 1.29 is 0 Å². The predicted molar refractivity (Wildman–Crippen MR) is 76.3 cm³/mol. The Labute approximate surface area is 112 Å². The largest absolute Gasteiger partial charge is 0.236 e. The quantitative estimate of drug-likeness (QED) is 0.664. The van der Waals surface area contributed by atoms with E-state index in [1.165, 1.54) is 0 Å². The third kappa shape index (κ3) is 2.64. The first-order chi connectivity index (χ1) is 9.45. The van der Waals surface area contributed by atoms with Gasteiger partial charge in [0.1, 0.15) is 0 Å². The van der Waals surface area contributed by atoms with Gasteiger partial charge in [-0.25, -0.2) is 19.9 Å². The molecule has 2 heterocycles. The van der Waals surface area contributed by atoms with E-state index >= 15 is 0 Å². The number of benzene rings is 1. The lowest BCUT2D eigenvalue weighted by atomic mass is 10.4. The summed E-state index contributed by atoms with van der Waals surface area (Å²) in [6.07, 6.45) is 7.01. The molecule has 5 heteroatoms. The van der Waals surface area contributed by atoms with Gasteiger partial charge in [-0.3, -0.25) is 0 Å². The first-order valence-corrected chi connectivity index (χ1v) is 7.18. The third-order valence-electron chi connectivity index (χ3n) is 2.52. The molecule has 0 atom stereocenters. The number of aromatic nitrogens is 4. The molecule has 0 fully saturated rings. The molecule has 0 bridgehead atoms. The summed E-state index contributed by atoms with van der Waals surface area (Å²) in [5.74, 6) is 0. The maximum atomic E-state index is 4.37. The van der Waals surface area contributed by atoms with Crippen LogP contribution < -0.4 is 16.4 Å². The molecule has 92 valence electrons. The fourth-order valence-electron chi connectivity index (χ4n) is 1.71. The van der Waals surface area contributed by atoms with E-state index in [2.05, 4.69) is 32.1 Å². The van der Waals surface area contributed by atoms with Crippen LogP contribution in [0.3, 0.4) is 0 Å². The Kier molecular flexibility index (Phi) is 3.52. The van der Waals surface area contributed by atoms with Crippen LogP contribution in [-0.4, -0.2) is 19.9 Å². The predicted octanol–water partition coefficient (Wildman–Crippen LogP) is 1.02. The van der Waals surface area contributed by atoms with Gasteiger partial charge in [0.2, 0.25) is 0 Å². The van der Waals surface area contributed by atoms with Crippen molar-refractivity contribution in [3.63, 3.8) is 0 Å². The highest BCUT2D eigenvalue weighted by atomic mass is 31.1. The van der Waals surface area contributed by atoms with Crippen molar-refractivity contribution >= 4 is 24.4 Å². The van der Waals surface area contributed by atoms with Crippen LogP contribution >= 0.6 is 7.92 Å². The summed E-state index contributed by atoms with van der Waals surface area (Å²) in [6.45, 7) is 0. The molecule has 0 saturated heterocycles. The van der Waals surface area contributed by atoms with Crippen molar-refractivity contribution in [3.05, 3.63) is 67.3 Å². The van der Waals surface area contributed by atoms with Gasteiger partial charge >= 0.3 is 0 Å². The summed E-state index contributed by atoms with van der Waals surface area (Å²) in [6, 6.07) is 13.8. The van der Waals surface area contributed by atoms with Gasteiger partial charge in [0.25, 0.3) is 0 Å². The van der Waals surface area contributed by atoms with Crippen molar-refractivity contribution in [1.29, 1.82) is 0 Å². The van der Waals surface area contributed by atoms with Gasteiger partial charge in [0.05, 0.1) is 7.92 Å². The first kappa shape index (κ1) is 11.9. The minimum atomic E-state index is -0.890. The van der Waals surface area contributed by atoms with Crippen molar-refractivity contribution in [2.45, 2.75) is 0 Å². The highest BCUT2D eigenvalue weighted by Crippen LogP contribution is 2.28. The second-order valence-corrected chi connectivity index (χ2v) is 5.76. The van der Waals surface area contributed by atoms with E-state index in [0.717, 1.165) is 16.4 Å². The summed E-state index contributed by atoms with van der Waals surface area (Å²) >= 11 is 0. The molecule has 19 heavy (non-hydrogen) atoms. The molecule has 2 aromatic heterocycles. The van der Waals surface area contributed by atoms with Crippen molar-refractivity contribution in [2.24, 2.45) is 0 Å². The molecule has 0 saturated carbocycles. The van der Waals surface area contributed by atoms with Crippen LogP contribution in [0.4, 0.5) is 0 Å². The summed E-state index contributed by atoms with van der Waals surface area (Å²) in [4.78, 5) is 17.5. The van der Waals surface area contributed by atoms with Crippen LogP contribution in [0.25, 0.3) is 0 Å². The Hall–Kier alpha value is -2.19. The molecule has 3 rings (SSSR count).